The molecule has 0 amide bonds. The maximum Gasteiger partial charge on any atom is 0.160 e. The van der Waals surface area contributed by atoms with Gasteiger partial charge in [-0.05, 0) is 73.9 Å². The molecule has 1 atom stereocenters. The van der Waals surface area contributed by atoms with E-state index in [1.807, 2.05) is 0 Å². The van der Waals surface area contributed by atoms with Crippen LogP contribution < -0.4 is 14.2 Å². The monoisotopic (exact) mass is 373 g/mol. The first-order valence-electron chi connectivity index (χ1n) is 15.3. The van der Waals surface area contributed by atoms with E-state index in [1.54, 1.807) is 6.92 Å². The molecule has 2 aromatic carbocycles. The van der Waals surface area contributed by atoms with Crippen molar-refractivity contribution in [1.29, 1.82) is 0 Å². The third-order valence-corrected chi connectivity index (χ3v) is 3.51. The molecular formula is C22H30O4. The maximum atomic E-state index is 10.6. The van der Waals surface area contributed by atoms with E-state index >= 15 is 0 Å². The average molecular weight is 374 g/mol. The minimum atomic E-state index is -3.16. The molecule has 0 spiro atoms. The van der Waals surface area contributed by atoms with Crippen molar-refractivity contribution in [3.8, 4) is 17.2 Å². The van der Waals surface area contributed by atoms with Crippen molar-refractivity contribution in [3.63, 3.8) is 0 Å². The van der Waals surface area contributed by atoms with Gasteiger partial charge in [0.2, 0.25) is 0 Å². The average Bonchev–Trinajstić information content (AvgIpc) is 2.82. The Balaban J connectivity index is 2.29. The largest absolute Gasteiger partial charge is 0.493 e. The molecule has 1 unspecified atom stereocenters. The fraction of sp³-hybridized carbons (Fsp3) is 0.455. The molecule has 0 aliphatic heterocycles. The molecule has 0 aliphatic rings. The molecule has 1 N–H and O–H groups in total. The highest BCUT2D eigenvalue weighted by Crippen LogP contribution is 2.28. The fourth-order valence-electron chi connectivity index (χ4n) is 1.98. The summed E-state index contributed by atoms with van der Waals surface area (Å²) in [4.78, 5) is 0. The second kappa shape index (κ2) is 10.1. The molecule has 142 valence electrons. The normalized spacial score (nSPS) is 23.0. The summed E-state index contributed by atoms with van der Waals surface area (Å²) in [6.45, 7) is 2.09. The van der Waals surface area contributed by atoms with E-state index in [1.165, 1.54) is 6.92 Å². The summed E-state index contributed by atoms with van der Waals surface area (Å²) in [5, 5.41) is 10.6. The number of ether oxygens (including phenoxy) is 3. The van der Waals surface area contributed by atoms with Gasteiger partial charge in [-0.3, -0.25) is 0 Å². The van der Waals surface area contributed by atoms with Gasteiger partial charge in [0.1, 0.15) is 12.4 Å². The van der Waals surface area contributed by atoms with Crippen LogP contribution >= 0.6 is 0 Å². The first-order chi connectivity index (χ1) is 18.4. The van der Waals surface area contributed by atoms with Crippen LogP contribution in [0.5, 0.6) is 17.2 Å². The Morgan fingerprint density at radius 2 is 1.88 bits per heavy atom. The molecular weight excluding hydrogens is 328 g/mol. The van der Waals surface area contributed by atoms with E-state index in [0.717, 1.165) is 0 Å². The van der Waals surface area contributed by atoms with Crippen LogP contribution in [-0.4, -0.2) is 31.9 Å². The van der Waals surface area contributed by atoms with E-state index in [4.69, 9.17) is 30.0 Å². The summed E-state index contributed by atoms with van der Waals surface area (Å²) >= 11 is 0. The van der Waals surface area contributed by atoms with E-state index in [0.29, 0.717) is 11.1 Å². The highest BCUT2D eigenvalue weighted by Gasteiger charge is 2.07. The molecule has 0 saturated heterocycles. The Bertz CT molecular complexity index is 1260. The Labute approximate surface area is 177 Å². The van der Waals surface area contributed by atoms with E-state index in [-0.39, 0.29) is 36.2 Å². The minimum absolute atomic E-state index is 0.215. The van der Waals surface area contributed by atoms with Gasteiger partial charge in [0.15, 0.2) is 11.5 Å². The summed E-state index contributed by atoms with van der Waals surface area (Å²) in [7, 11) is -6.32. The molecule has 2 rings (SSSR count). The molecule has 4 nitrogen and oxygen atoms in total. The second-order valence-corrected chi connectivity index (χ2v) is 5.44. The first kappa shape index (κ1) is 7.81. The predicted molar refractivity (Wildman–Crippen MR) is 105 cm³/mol. The van der Waals surface area contributed by atoms with Crippen LogP contribution in [-0.2, 0) is 6.42 Å². The fourth-order valence-corrected chi connectivity index (χ4v) is 1.98. The topological polar surface area (TPSA) is 47.9 Å². The van der Waals surface area contributed by atoms with Crippen LogP contribution in [0.4, 0.5) is 0 Å². The molecule has 0 aromatic heterocycles. The van der Waals surface area contributed by atoms with Crippen molar-refractivity contribution in [2.24, 2.45) is 0 Å². The van der Waals surface area contributed by atoms with Crippen molar-refractivity contribution >= 4 is 0 Å². The van der Waals surface area contributed by atoms with Crippen LogP contribution in [0.3, 0.4) is 0 Å². The van der Waals surface area contributed by atoms with Crippen molar-refractivity contribution in [1.82, 2.24) is 0 Å². The Kier molecular flexibility index (Phi) is 3.03. The number of hydrogen-bond donors (Lipinski definition) is 1. The summed E-state index contributed by atoms with van der Waals surface area (Å²) in [6.07, 6.45) is -6.69. The summed E-state index contributed by atoms with van der Waals surface area (Å²) < 4.78 is 132. The smallest absolute Gasteiger partial charge is 0.160 e. The molecule has 0 heterocycles. The minimum Gasteiger partial charge on any atom is -0.493 e. The predicted octanol–water partition coefficient (Wildman–Crippen LogP) is 4.47. The van der Waals surface area contributed by atoms with Crippen molar-refractivity contribution in [2.75, 3.05) is 20.7 Å². The second-order valence-electron chi connectivity index (χ2n) is 5.44. The third kappa shape index (κ3) is 5.95. The van der Waals surface area contributed by atoms with E-state index in [9.17, 15) is 5.11 Å². The van der Waals surface area contributed by atoms with Crippen LogP contribution in [0.2, 0.25) is 0 Å². The van der Waals surface area contributed by atoms with Gasteiger partial charge in [-0.15, -0.1) is 0 Å². The van der Waals surface area contributed by atoms with Gasteiger partial charge in [0.05, 0.1) is 38.0 Å². The Morgan fingerprint density at radius 1 is 1.08 bits per heavy atom. The zero-order chi connectivity index (χ0) is 31.9. The molecule has 0 aliphatic carbocycles. The van der Waals surface area contributed by atoms with Crippen LogP contribution in [0, 0.1) is 13.8 Å². The van der Waals surface area contributed by atoms with Crippen LogP contribution in [0.25, 0.3) is 0 Å². The highest BCUT2D eigenvalue weighted by atomic mass is 16.5. The lowest BCUT2D eigenvalue weighted by atomic mass is 10.0. The highest BCUT2D eigenvalue weighted by molar-refractivity contribution is 5.42. The van der Waals surface area contributed by atoms with Gasteiger partial charge in [0.25, 0.3) is 0 Å². The van der Waals surface area contributed by atoms with Crippen LogP contribution in [0.15, 0.2) is 36.3 Å². The van der Waals surface area contributed by atoms with Gasteiger partial charge in [-0.25, -0.2) is 0 Å². The first-order valence-corrected chi connectivity index (χ1v) is 7.84. The molecule has 0 radical (unpaired) electrons. The van der Waals surface area contributed by atoms with Crippen LogP contribution in [0.1, 0.15) is 56.5 Å². The number of rotatable bonds is 10. The Hall–Kier alpha value is -2.20. The zero-order valence-corrected chi connectivity index (χ0v) is 14.5. The lowest BCUT2D eigenvalue weighted by Gasteiger charge is -2.13. The van der Waals surface area contributed by atoms with Gasteiger partial charge in [0, 0.05) is 2.74 Å². The number of hydrogen-bond acceptors (Lipinski definition) is 4. The lowest BCUT2D eigenvalue weighted by molar-refractivity contribution is 0.0976. The van der Waals surface area contributed by atoms with Gasteiger partial charge >= 0.3 is 0 Å². The number of benzene rings is 2. The quantitative estimate of drug-likeness (QED) is 0.667. The van der Waals surface area contributed by atoms with E-state index in [2.05, 4.69) is 4.74 Å². The molecule has 26 heavy (non-hydrogen) atoms. The zero-order valence-electron chi connectivity index (χ0n) is 29.5. The van der Waals surface area contributed by atoms with Gasteiger partial charge in [-0.1, -0.05) is 18.5 Å². The number of methoxy groups -OCH3 is 2. The van der Waals surface area contributed by atoms with Crippen molar-refractivity contribution in [2.45, 2.75) is 45.6 Å². The standard InChI is InChI=1S/C22H30O4/c1-16-9-11-20(13-17(16)2)26-15-19(23)8-6-5-7-18-10-12-21(24-3)22(14-18)25-4/h9-14,19,23H,5-8,15H2,1-4H3/i3D3,4D3,8D2,9D,10D,11D,12D,13D,14D,19D. The number of aliphatic hydroxyl groups is 1. The van der Waals surface area contributed by atoms with Crippen molar-refractivity contribution < 1.29 is 39.9 Å². The molecule has 0 bridgehead atoms. The molecule has 0 fully saturated rings. The molecule has 4 heteroatoms. The lowest BCUT2D eigenvalue weighted by Crippen LogP contribution is -2.17. The molecule has 0 saturated carbocycles. The van der Waals surface area contributed by atoms with E-state index < -0.39 is 75.2 Å². The summed E-state index contributed by atoms with van der Waals surface area (Å²) in [6, 6.07) is -3.19. The summed E-state index contributed by atoms with van der Waals surface area (Å²) in [5.41, 5.74) is 0.455. The third-order valence-electron chi connectivity index (χ3n) is 3.51. The summed E-state index contributed by atoms with van der Waals surface area (Å²) in [5.74, 6) is -2.22. The Morgan fingerprint density at radius 3 is 2.69 bits per heavy atom. The molecule has 2 aromatic rings. The SMILES string of the molecule is [2H]c1c([2H])c(OCC([2H])(O)C([2H])([2H])CCCc2c([2H])c([2H])c(OC([2H])([2H])[2H])c(OC([2H])([2H])[2H])c2[2H])c([2H])c(C)c1C. The van der Waals surface area contributed by atoms with Gasteiger partial charge in [-0.2, -0.15) is 0 Å². The van der Waals surface area contributed by atoms with Crippen molar-refractivity contribution in [3.05, 3.63) is 52.9 Å². The maximum absolute atomic E-state index is 10.6. The van der Waals surface area contributed by atoms with Gasteiger partial charge < -0.3 is 19.3 Å².